The first-order chi connectivity index (χ1) is 17.6. The number of carbonyl (C=O) groups is 2. The van der Waals surface area contributed by atoms with Crippen LogP contribution < -0.4 is 15.1 Å². The highest BCUT2D eigenvalue weighted by Gasteiger charge is 2.25. The van der Waals surface area contributed by atoms with Crippen molar-refractivity contribution in [3.8, 4) is 0 Å². The van der Waals surface area contributed by atoms with Crippen molar-refractivity contribution in [1.82, 2.24) is 9.88 Å². The summed E-state index contributed by atoms with van der Waals surface area (Å²) in [5, 5.41) is 30.5. The van der Waals surface area contributed by atoms with E-state index in [-0.39, 0.29) is 6.61 Å². The number of aliphatic hydroxyl groups is 1. The van der Waals surface area contributed by atoms with E-state index in [2.05, 4.69) is 35.0 Å². The number of halogens is 2. The monoisotopic (exact) mass is 567 g/mol. The van der Waals surface area contributed by atoms with Crippen LogP contribution in [0.15, 0.2) is 42.5 Å². The lowest BCUT2D eigenvalue weighted by molar-refractivity contribution is -0.345. The standard InChI is InChI=1S/C23H27Cl2N3O2S.C2H2O4/c1-27(23-26-21-4-2-3-5-22(21)31-23)18-8-10-28(11-9-18)13-19(29)15-30-14-16-6-7-17(24)12-20(16)25;3-1(4)2(5)6/h2-7,12,18-19,29H,8-11,13-15H2,1H3;(H,3,4)(H,5,6)/p-2. The molecule has 4 rings (SSSR count). The number of aliphatic carboxylic acids is 2. The number of β-amino-alcohol motifs (C(OH)–C–C–N with tert-alkyl or cyclic N) is 1. The number of aliphatic hydroxyl groups excluding tert-OH is 1. The number of benzene rings is 2. The van der Waals surface area contributed by atoms with Crippen LogP contribution in [0.25, 0.3) is 10.2 Å². The fourth-order valence-corrected chi connectivity index (χ4v) is 5.41. The molecule has 0 radical (unpaired) electrons. The average molecular weight is 568 g/mol. The molecule has 9 nitrogen and oxygen atoms in total. The Morgan fingerprint density at radius 3 is 2.49 bits per heavy atom. The molecule has 1 N–H and O–H groups in total. The normalized spacial score (nSPS) is 15.1. The summed E-state index contributed by atoms with van der Waals surface area (Å²) in [5.41, 5.74) is 1.94. The van der Waals surface area contributed by atoms with E-state index >= 15 is 0 Å². The molecule has 2 aromatic carbocycles. The molecule has 37 heavy (non-hydrogen) atoms. The fourth-order valence-electron chi connectivity index (χ4n) is 3.95. The summed E-state index contributed by atoms with van der Waals surface area (Å²) >= 11 is 13.8. The molecule has 0 aliphatic carbocycles. The van der Waals surface area contributed by atoms with E-state index in [9.17, 15) is 5.11 Å². The van der Waals surface area contributed by atoms with Crippen LogP contribution >= 0.6 is 34.5 Å². The first-order valence-electron chi connectivity index (χ1n) is 11.6. The van der Waals surface area contributed by atoms with Gasteiger partial charge >= 0.3 is 0 Å². The van der Waals surface area contributed by atoms with Crippen molar-refractivity contribution < 1.29 is 29.6 Å². The van der Waals surface area contributed by atoms with Crippen LogP contribution in [0.2, 0.25) is 10.0 Å². The van der Waals surface area contributed by atoms with Gasteiger partial charge in [0, 0.05) is 42.8 Å². The second kappa shape index (κ2) is 13.9. The van der Waals surface area contributed by atoms with Crippen LogP contribution in [-0.2, 0) is 20.9 Å². The van der Waals surface area contributed by atoms with Gasteiger partial charge in [-0.05, 0) is 42.7 Å². The van der Waals surface area contributed by atoms with Gasteiger partial charge in [0.05, 0.1) is 41.5 Å². The number of likely N-dealkylation sites (tertiary alicyclic amines) is 1. The Morgan fingerprint density at radius 1 is 1.19 bits per heavy atom. The highest BCUT2D eigenvalue weighted by Crippen LogP contribution is 2.31. The van der Waals surface area contributed by atoms with E-state index in [4.69, 9.17) is 52.7 Å². The van der Waals surface area contributed by atoms with Crippen molar-refractivity contribution in [2.24, 2.45) is 0 Å². The van der Waals surface area contributed by atoms with Gasteiger partial charge in [0.2, 0.25) is 0 Å². The SMILES string of the molecule is CN(c1nc2ccccc2s1)C1CCN(CC(O)COCc2ccc(Cl)cc2Cl)CC1.O=C([O-])C(=O)[O-]. The number of carboxylic acid groups (broad SMARTS) is 2. The molecule has 0 saturated carbocycles. The number of carbonyl (C=O) groups excluding carboxylic acids is 2. The third kappa shape index (κ3) is 8.80. The molecular weight excluding hydrogens is 541 g/mol. The largest absolute Gasteiger partial charge is 0.543 e. The summed E-state index contributed by atoms with van der Waals surface area (Å²) in [6, 6.07) is 14.1. The lowest BCUT2D eigenvalue weighted by Crippen LogP contribution is -2.46. The summed E-state index contributed by atoms with van der Waals surface area (Å²) in [7, 11) is 2.14. The third-order valence-corrected chi connectivity index (χ3v) is 7.62. The topological polar surface area (TPSA) is 129 Å². The molecule has 1 saturated heterocycles. The van der Waals surface area contributed by atoms with E-state index < -0.39 is 18.0 Å². The predicted octanol–water partition coefficient (Wildman–Crippen LogP) is 1.57. The van der Waals surface area contributed by atoms with Gasteiger partial charge in [0.15, 0.2) is 5.13 Å². The van der Waals surface area contributed by atoms with Crippen molar-refractivity contribution >= 4 is 61.8 Å². The second-order valence-electron chi connectivity index (χ2n) is 8.59. The van der Waals surface area contributed by atoms with Crippen molar-refractivity contribution in [1.29, 1.82) is 0 Å². The average Bonchev–Trinajstić information content (AvgIpc) is 3.30. The van der Waals surface area contributed by atoms with Gasteiger partial charge < -0.3 is 39.4 Å². The Labute approximate surface area is 228 Å². The fraction of sp³-hybridized carbons (Fsp3) is 0.400. The van der Waals surface area contributed by atoms with Gasteiger partial charge in [0.25, 0.3) is 0 Å². The van der Waals surface area contributed by atoms with Gasteiger partial charge in [-0.3, -0.25) is 0 Å². The van der Waals surface area contributed by atoms with Crippen molar-refractivity contribution in [2.75, 3.05) is 38.2 Å². The maximum absolute atomic E-state index is 10.4. The number of anilines is 1. The van der Waals surface area contributed by atoms with Crippen LogP contribution in [0.1, 0.15) is 18.4 Å². The molecule has 200 valence electrons. The zero-order valence-electron chi connectivity index (χ0n) is 20.1. The molecule has 1 aliphatic heterocycles. The van der Waals surface area contributed by atoms with E-state index in [1.54, 1.807) is 23.5 Å². The number of carboxylic acids is 2. The molecule has 0 spiro atoms. The van der Waals surface area contributed by atoms with Gasteiger partial charge in [-0.25, -0.2) is 4.98 Å². The number of piperidine rings is 1. The highest BCUT2D eigenvalue weighted by molar-refractivity contribution is 7.22. The van der Waals surface area contributed by atoms with Crippen molar-refractivity contribution in [3.05, 3.63) is 58.1 Å². The third-order valence-electron chi connectivity index (χ3n) is 5.91. The number of hydrogen-bond donors (Lipinski definition) is 1. The summed E-state index contributed by atoms with van der Waals surface area (Å²) in [4.78, 5) is 27.3. The van der Waals surface area contributed by atoms with Crippen LogP contribution in [0, 0.1) is 0 Å². The summed E-state index contributed by atoms with van der Waals surface area (Å²) < 4.78 is 6.90. The Balaban J connectivity index is 0.000000568. The van der Waals surface area contributed by atoms with E-state index in [1.807, 2.05) is 12.1 Å². The van der Waals surface area contributed by atoms with E-state index in [0.29, 0.717) is 29.2 Å². The Hall–Kier alpha value is -2.47. The smallest absolute Gasteiger partial charge is 0.186 e. The molecule has 3 aromatic rings. The number of ether oxygens (including phenoxy) is 1. The van der Waals surface area contributed by atoms with Gasteiger partial charge in [-0.15, -0.1) is 0 Å². The molecule has 2 heterocycles. The Kier molecular flexibility index (Phi) is 10.9. The van der Waals surface area contributed by atoms with Crippen LogP contribution in [-0.4, -0.2) is 72.4 Å². The van der Waals surface area contributed by atoms with Gasteiger partial charge in [0.1, 0.15) is 0 Å². The number of rotatable bonds is 8. The second-order valence-corrected chi connectivity index (χ2v) is 10.4. The number of hydrogen-bond acceptors (Lipinski definition) is 10. The summed E-state index contributed by atoms with van der Waals surface area (Å²) in [6.45, 7) is 3.18. The molecule has 12 heteroatoms. The molecule has 0 bridgehead atoms. The number of para-hydroxylation sites is 1. The first-order valence-corrected chi connectivity index (χ1v) is 13.1. The van der Waals surface area contributed by atoms with Crippen LogP contribution in [0.5, 0.6) is 0 Å². The zero-order chi connectivity index (χ0) is 26.9. The number of thiazole rings is 1. The minimum atomic E-state index is -2.19. The highest BCUT2D eigenvalue weighted by atomic mass is 35.5. The Morgan fingerprint density at radius 2 is 1.86 bits per heavy atom. The molecule has 1 atom stereocenters. The van der Waals surface area contributed by atoms with E-state index in [1.165, 1.54) is 4.70 Å². The summed E-state index contributed by atoms with van der Waals surface area (Å²) in [5.74, 6) is -4.37. The molecule has 1 fully saturated rings. The summed E-state index contributed by atoms with van der Waals surface area (Å²) in [6.07, 6.45) is 1.59. The molecular formula is C25H27Cl2N3O6S-2. The van der Waals surface area contributed by atoms with Crippen LogP contribution in [0.4, 0.5) is 5.13 Å². The number of fused-ring (bicyclic) bond motifs is 1. The van der Waals surface area contributed by atoms with Gasteiger partial charge in [-0.2, -0.15) is 0 Å². The van der Waals surface area contributed by atoms with Crippen molar-refractivity contribution in [3.63, 3.8) is 0 Å². The quantitative estimate of drug-likeness (QED) is 0.403. The van der Waals surface area contributed by atoms with Crippen molar-refractivity contribution in [2.45, 2.75) is 31.6 Å². The maximum Gasteiger partial charge on any atom is 0.186 e. The minimum absolute atomic E-state index is 0.282. The first kappa shape index (κ1) is 29.1. The number of nitrogens with zero attached hydrogens (tertiary/aromatic N) is 3. The lowest BCUT2D eigenvalue weighted by Gasteiger charge is -2.37. The molecule has 1 aromatic heterocycles. The molecule has 1 unspecified atom stereocenters. The minimum Gasteiger partial charge on any atom is -0.543 e. The maximum atomic E-state index is 10.4. The van der Waals surface area contributed by atoms with Gasteiger partial charge in [-0.1, -0.05) is 52.7 Å². The Bertz CT molecular complexity index is 1160. The predicted molar refractivity (Wildman–Crippen MR) is 140 cm³/mol. The molecule has 1 aliphatic rings. The zero-order valence-corrected chi connectivity index (χ0v) is 22.5. The lowest BCUT2D eigenvalue weighted by atomic mass is 10.0. The van der Waals surface area contributed by atoms with E-state index in [0.717, 1.165) is 42.1 Å². The van der Waals surface area contributed by atoms with Crippen LogP contribution in [0.3, 0.4) is 0 Å². The molecule has 0 amide bonds. The number of aromatic nitrogens is 1.